The molecule has 1 aliphatic rings. The lowest BCUT2D eigenvalue weighted by atomic mass is 10.3. The van der Waals surface area contributed by atoms with Crippen molar-refractivity contribution >= 4 is 5.84 Å². The topological polar surface area (TPSA) is 28.5 Å². The largest absolute Gasteiger partial charge is 0.354 e. The van der Waals surface area contributed by atoms with Crippen LogP contribution >= 0.6 is 0 Å². The fourth-order valence-electron chi connectivity index (χ4n) is 1.53. The lowest BCUT2D eigenvalue weighted by Gasteiger charge is -2.16. The molecule has 0 aromatic carbocycles. The molecule has 0 fully saturated rings. The first-order valence-electron chi connectivity index (χ1n) is 4.62. The van der Waals surface area contributed by atoms with Crippen LogP contribution in [0.4, 0.5) is 0 Å². The van der Waals surface area contributed by atoms with Crippen LogP contribution in [0, 0.1) is 0 Å². The van der Waals surface area contributed by atoms with E-state index in [0.717, 1.165) is 31.2 Å². The van der Waals surface area contributed by atoms with Crippen LogP contribution in [0.5, 0.6) is 0 Å². The molecule has 0 bridgehead atoms. The van der Waals surface area contributed by atoms with Crippen molar-refractivity contribution in [2.75, 3.05) is 19.6 Å². The van der Waals surface area contributed by atoms with Gasteiger partial charge in [-0.2, -0.15) is 0 Å². The number of rotatable bonds is 2. The number of hydrogen-bond acceptors (Lipinski definition) is 3. The molecule has 0 atom stereocenters. The maximum absolute atomic E-state index is 4.44. The molecule has 3 heteroatoms. The second-order valence-electron chi connectivity index (χ2n) is 3.00. The monoisotopic (exact) mass is 175 g/mol. The average Bonchev–Trinajstić information content (AvgIpc) is 2.67. The third kappa shape index (κ3) is 1.54. The number of nitrogens with zero attached hydrogens (tertiary/aromatic N) is 3. The van der Waals surface area contributed by atoms with Gasteiger partial charge in [-0.15, -0.1) is 0 Å². The summed E-state index contributed by atoms with van der Waals surface area (Å²) in [7, 11) is 0. The van der Waals surface area contributed by atoms with Gasteiger partial charge in [0.25, 0.3) is 0 Å². The zero-order valence-corrected chi connectivity index (χ0v) is 7.77. The smallest absolute Gasteiger partial charge is 0.150 e. The summed E-state index contributed by atoms with van der Waals surface area (Å²) in [4.78, 5) is 11.0. The molecular weight excluding hydrogens is 162 g/mol. The van der Waals surface area contributed by atoms with Gasteiger partial charge in [0.15, 0.2) is 0 Å². The summed E-state index contributed by atoms with van der Waals surface area (Å²) >= 11 is 0. The molecule has 0 saturated carbocycles. The Balaban J connectivity index is 2.26. The normalized spacial score (nSPS) is 16.1. The van der Waals surface area contributed by atoms with Crippen LogP contribution in [0.1, 0.15) is 12.6 Å². The molecule has 0 N–H and O–H groups in total. The molecule has 0 unspecified atom stereocenters. The van der Waals surface area contributed by atoms with E-state index in [1.807, 2.05) is 24.4 Å². The van der Waals surface area contributed by atoms with E-state index < -0.39 is 0 Å². The van der Waals surface area contributed by atoms with Crippen molar-refractivity contribution in [1.82, 2.24) is 9.88 Å². The second kappa shape index (κ2) is 3.56. The molecule has 0 saturated heterocycles. The molecule has 13 heavy (non-hydrogen) atoms. The van der Waals surface area contributed by atoms with Crippen LogP contribution in [0.2, 0.25) is 0 Å². The van der Waals surface area contributed by atoms with Crippen molar-refractivity contribution in [2.45, 2.75) is 6.92 Å². The predicted octanol–water partition coefficient (Wildman–Crippen LogP) is 1.16. The fraction of sp³-hybridized carbons (Fsp3) is 0.400. The van der Waals surface area contributed by atoms with E-state index in [4.69, 9.17) is 0 Å². The van der Waals surface area contributed by atoms with Crippen LogP contribution in [-0.2, 0) is 0 Å². The van der Waals surface area contributed by atoms with Gasteiger partial charge >= 0.3 is 0 Å². The van der Waals surface area contributed by atoms with Gasteiger partial charge in [-0.25, -0.2) is 0 Å². The Morgan fingerprint density at radius 3 is 3.08 bits per heavy atom. The first-order chi connectivity index (χ1) is 6.42. The van der Waals surface area contributed by atoms with Crippen LogP contribution in [0.15, 0.2) is 29.4 Å². The number of aliphatic imine (C=N–C) groups is 1. The number of likely N-dealkylation sites (N-methyl/N-ethyl adjacent to an activating group) is 1. The Bertz CT molecular complexity index is 305. The van der Waals surface area contributed by atoms with Crippen molar-refractivity contribution in [3.63, 3.8) is 0 Å². The molecule has 0 spiro atoms. The molecule has 68 valence electrons. The quantitative estimate of drug-likeness (QED) is 0.675. The second-order valence-corrected chi connectivity index (χ2v) is 3.00. The molecule has 0 radical (unpaired) electrons. The van der Waals surface area contributed by atoms with E-state index in [1.165, 1.54) is 0 Å². The van der Waals surface area contributed by atoms with Crippen molar-refractivity contribution in [3.05, 3.63) is 30.1 Å². The maximum Gasteiger partial charge on any atom is 0.150 e. The summed E-state index contributed by atoms with van der Waals surface area (Å²) in [6.07, 6.45) is 1.81. The van der Waals surface area contributed by atoms with Crippen LogP contribution < -0.4 is 0 Å². The van der Waals surface area contributed by atoms with Gasteiger partial charge in [0.2, 0.25) is 0 Å². The first kappa shape index (κ1) is 8.23. The van der Waals surface area contributed by atoms with Gasteiger partial charge in [-0.1, -0.05) is 6.07 Å². The van der Waals surface area contributed by atoms with Gasteiger partial charge in [-0.05, 0) is 19.1 Å². The zero-order valence-electron chi connectivity index (χ0n) is 7.77. The van der Waals surface area contributed by atoms with Gasteiger partial charge in [0, 0.05) is 19.3 Å². The molecule has 1 aromatic heterocycles. The number of hydrogen-bond donors (Lipinski definition) is 0. The number of aromatic nitrogens is 1. The zero-order chi connectivity index (χ0) is 9.10. The fourth-order valence-corrected chi connectivity index (χ4v) is 1.53. The Morgan fingerprint density at radius 2 is 2.38 bits per heavy atom. The lowest BCUT2D eigenvalue weighted by molar-refractivity contribution is 0.483. The maximum atomic E-state index is 4.44. The molecule has 2 rings (SSSR count). The van der Waals surface area contributed by atoms with Gasteiger partial charge in [0.1, 0.15) is 11.5 Å². The molecule has 1 aromatic rings. The van der Waals surface area contributed by atoms with Crippen molar-refractivity contribution in [1.29, 1.82) is 0 Å². The molecular formula is C10H13N3. The molecule has 0 aliphatic carbocycles. The van der Waals surface area contributed by atoms with Crippen LogP contribution in [0.3, 0.4) is 0 Å². The predicted molar refractivity (Wildman–Crippen MR) is 52.9 cm³/mol. The van der Waals surface area contributed by atoms with E-state index in [1.54, 1.807) is 0 Å². The molecule has 0 amide bonds. The SMILES string of the molecule is CCN1CCN=C1c1ccccn1. The van der Waals surface area contributed by atoms with Gasteiger partial charge < -0.3 is 4.90 Å². The van der Waals surface area contributed by atoms with Crippen molar-refractivity contribution in [3.8, 4) is 0 Å². The first-order valence-corrected chi connectivity index (χ1v) is 4.62. The Labute approximate surface area is 78.1 Å². The Hall–Kier alpha value is -1.38. The minimum absolute atomic E-state index is 0.903. The van der Waals surface area contributed by atoms with E-state index in [2.05, 4.69) is 21.8 Å². The third-order valence-electron chi connectivity index (χ3n) is 2.21. The molecule has 1 aliphatic heterocycles. The van der Waals surface area contributed by atoms with Crippen LogP contribution in [0.25, 0.3) is 0 Å². The standard InChI is InChI=1S/C10H13N3/c1-2-13-8-7-12-10(13)9-5-3-4-6-11-9/h3-6H,2,7-8H2,1H3. The summed E-state index contributed by atoms with van der Waals surface area (Å²) < 4.78 is 0. The van der Waals surface area contributed by atoms with Crippen molar-refractivity contribution < 1.29 is 0 Å². The molecule has 2 heterocycles. The highest BCUT2D eigenvalue weighted by molar-refractivity contribution is 5.97. The summed E-state index contributed by atoms with van der Waals surface area (Å²) in [6.45, 7) is 5.08. The van der Waals surface area contributed by atoms with E-state index >= 15 is 0 Å². The Morgan fingerprint density at radius 1 is 1.46 bits per heavy atom. The third-order valence-corrected chi connectivity index (χ3v) is 2.21. The summed E-state index contributed by atoms with van der Waals surface area (Å²) in [5.74, 6) is 1.04. The number of pyridine rings is 1. The minimum Gasteiger partial charge on any atom is -0.354 e. The van der Waals surface area contributed by atoms with Crippen LogP contribution in [-0.4, -0.2) is 35.4 Å². The van der Waals surface area contributed by atoms with Gasteiger partial charge in [0.05, 0.1) is 6.54 Å². The van der Waals surface area contributed by atoms with E-state index in [9.17, 15) is 0 Å². The highest BCUT2D eigenvalue weighted by atomic mass is 15.2. The highest BCUT2D eigenvalue weighted by Crippen LogP contribution is 2.07. The number of amidine groups is 1. The lowest BCUT2D eigenvalue weighted by Crippen LogP contribution is -2.28. The summed E-state index contributed by atoms with van der Waals surface area (Å²) in [5, 5.41) is 0. The van der Waals surface area contributed by atoms with Crippen molar-refractivity contribution in [2.24, 2.45) is 4.99 Å². The summed E-state index contributed by atoms with van der Waals surface area (Å²) in [6, 6.07) is 5.93. The average molecular weight is 175 g/mol. The highest BCUT2D eigenvalue weighted by Gasteiger charge is 2.16. The van der Waals surface area contributed by atoms with E-state index in [-0.39, 0.29) is 0 Å². The van der Waals surface area contributed by atoms with Gasteiger partial charge in [-0.3, -0.25) is 9.98 Å². The summed E-state index contributed by atoms with van der Waals surface area (Å²) in [5.41, 5.74) is 0.988. The van der Waals surface area contributed by atoms with E-state index in [0.29, 0.717) is 0 Å². The Kier molecular flexibility index (Phi) is 2.25. The molecule has 3 nitrogen and oxygen atoms in total. The minimum atomic E-state index is 0.903.